The van der Waals surface area contributed by atoms with Crippen LogP contribution in [0.4, 0.5) is 0 Å². The van der Waals surface area contributed by atoms with E-state index in [0.29, 0.717) is 17.9 Å². The van der Waals surface area contributed by atoms with E-state index < -0.39 is 0 Å². The lowest BCUT2D eigenvalue weighted by Gasteiger charge is -2.22. The molecule has 3 N–H and O–H groups in total. The average molecular weight is 238 g/mol. The summed E-state index contributed by atoms with van der Waals surface area (Å²) in [5, 5.41) is 7.82. The van der Waals surface area contributed by atoms with Crippen molar-refractivity contribution < 1.29 is 0 Å². The van der Waals surface area contributed by atoms with E-state index >= 15 is 0 Å². The zero-order chi connectivity index (χ0) is 13.0. The topological polar surface area (TPSA) is 55.9 Å². The predicted octanol–water partition coefficient (Wildman–Crippen LogP) is 1.61. The number of hydrogen-bond donors (Lipinski definition) is 2. The van der Waals surface area contributed by atoms with E-state index in [2.05, 4.69) is 38.1 Å². The van der Waals surface area contributed by atoms with E-state index in [-0.39, 0.29) is 0 Å². The Kier molecular flexibility index (Phi) is 5.15. The molecule has 2 unspecified atom stereocenters. The highest BCUT2D eigenvalue weighted by Gasteiger charge is 2.15. The van der Waals surface area contributed by atoms with E-state index in [0.717, 1.165) is 13.1 Å². The van der Waals surface area contributed by atoms with Gasteiger partial charge in [0.15, 0.2) is 0 Å². The Morgan fingerprint density at radius 2 is 2.06 bits per heavy atom. The molecule has 0 aliphatic heterocycles. The van der Waals surface area contributed by atoms with Gasteiger partial charge < -0.3 is 11.1 Å². The Hall–Kier alpha value is -0.870. The first kappa shape index (κ1) is 14.2. The zero-order valence-electron chi connectivity index (χ0n) is 11.7. The van der Waals surface area contributed by atoms with Crippen molar-refractivity contribution in [2.24, 2.45) is 24.6 Å². The Morgan fingerprint density at radius 3 is 2.47 bits per heavy atom. The minimum atomic E-state index is 0.330. The van der Waals surface area contributed by atoms with Gasteiger partial charge in [-0.3, -0.25) is 4.68 Å². The summed E-state index contributed by atoms with van der Waals surface area (Å²) >= 11 is 0. The number of hydrogen-bond acceptors (Lipinski definition) is 3. The van der Waals surface area contributed by atoms with Crippen molar-refractivity contribution in [1.29, 1.82) is 0 Å². The predicted molar refractivity (Wildman–Crippen MR) is 71.7 cm³/mol. The second-order valence-corrected chi connectivity index (χ2v) is 5.18. The first-order valence-corrected chi connectivity index (χ1v) is 6.39. The molecule has 0 saturated heterocycles. The van der Waals surface area contributed by atoms with Gasteiger partial charge in [-0.2, -0.15) is 5.10 Å². The van der Waals surface area contributed by atoms with Gasteiger partial charge in [-0.1, -0.05) is 13.8 Å². The number of rotatable bonds is 6. The molecule has 1 aromatic heterocycles. The van der Waals surface area contributed by atoms with Crippen LogP contribution in [0.15, 0.2) is 6.20 Å². The number of nitrogens with one attached hydrogen (secondary N) is 1. The summed E-state index contributed by atoms with van der Waals surface area (Å²) in [7, 11) is 1.97. The number of aryl methyl sites for hydroxylation is 1. The number of nitrogens with zero attached hydrogens (tertiary/aromatic N) is 2. The fourth-order valence-electron chi connectivity index (χ4n) is 1.97. The largest absolute Gasteiger partial charge is 0.330 e. The van der Waals surface area contributed by atoms with Crippen LogP contribution >= 0.6 is 0 Å². The van der Waals surface area contributed by atoms with Crippen molar-refractivity contribution in [3.63, 3.8) is 0 Å². The molecule has 0 aliphatic rings. The van der Waals surface area contributed by atoms with Gasteiger partial charge in [-0.05, 0) is 38.8 Å². The van der Waals surface area contributed by atoms with Crippen LogP contribution in [-0.4, -0.2) is 22.9 Å². The van der Waals surface area contributed by atoms with E-state index in [1.165, 1.54) is 11.3 Å². The maximum absolute atomic E-state index is 5.78. The van der Waals surface area contributed by atoms with Gasteiger partial charge >= 0.3 is 0 Å². The summed E-state index contributed by atoms with van der Waals surface area (Å²) in [6.07, 6.45) is 1.94. The summed E-state index contributed by atoms with van der Waals surface area (Å²) in [6, 6.07) is 0.330. The van der Waals surface area contributed by atoms with Crippen molar-refractivity contribution in [2.75, 3.05) is 13.1 Å². The van der Waals surface area contributed by atoms with E-state index in [4.69, 9.17) is 5.73 Å². The van der Waals surface area contributed by atoms with Crippen LogP contribution in [0.1, 0.15) is 38.1 Å². The van der Waals surface area contributed by atoms with Gasteiger partial charge in [-0.25, -0.2) is 0 Å². The fraction of sp³-hybridized carbons (Fsp3) is 0.769. The maximum atomic E-state index is 5.78. The SMILES string of the molecule is Cc1c(C(C)NCC(CN)C(C)C)cnn1C. The molecule has 0 saturated carbocycles. The van der Waals surface area contributed by atoms with Gasteiger partial charge in [-0.15, -0.1) is 0 Å². The number of aromatic nitrogens is 2. The second kappa shape index (κ2) is 6.17. The molecule has 98 valence electrons. The van der Waals surface area contributed by atoms with Crippen molar-refractivity contribution in [3.05, 3.63) is 17.5 Å². The van der Waals surface area contributed by atoms with Crippen molar-refractivity contribution in [2.45, 2.75) is 33.7 Å². The highest BCUT2D eigenvalue weighted by Crippen LogP contribution is 2.17. The molecule has 2 atom stereocenters. The second-order valence-electron chi connectivity index (χ2n) is 5.18. The number of nitrogens with two attached hydrogens (primary N) is 1. The van der Waals surface area contributed by atoms with E-state index in [1.807, 2.05) is 17.9 Å². The minimum Gasteiger partial charge on any atom is -0.330 e. The minimum absolute atomic E-state index is 0.330. The summed E-state index contributed by atoms with van der Waals surface area (Å²) < 4.78 is 1.91. The van der Waals surface area contributed by atoms with Crippen LogP contribution in [-0.2, 0) is 7.05 Å². The van der Waals surface area contributed by atoms with Gasteiger partial charge in [0.1, 0.15) is 0 Å². The Balaban J connectivity index is 2.55. The Bertz CT molecular complexity index is 343. The highest BCUT2D eigenvalue weighted by atomic mass is 15.3. The van der Waals surface area contributed by atoms with E-state index in [1.54, 1.807) is 0 Å². The summed E-state index contributed by atoms with van der Waals surface area (Å²) in [4.78, 5) is 0. The van der Waals surface area contributed by atoms with E-state index in [9.17, 15) is 0 Å². The Labute approximate surface area is 105 Å². The normalized spacial score (nSPS) is 15.2. The molecule has 0 aromatic carbocycles. The van der Waals surface area contributed by atoms with Crippen LogP contribution in [0.5, 0.6) is 0 Å². The van der Waals surface area contributed by atoms with Gasteiger partial charge in [0.05, 0.1) is 6.20 Å². The monoisotopic (exact) mass is 238 g/mol. The lowest BCUT2D eigenvalue weighted by Crippen LogP contribution is -2.33. The highest BCUT2D eigenvalue weighted by molar-refractivity contribution is 5.19. The standard InChI is InChI=1S/C13H26N4/c1-9(2)12(6-14)7-15-10(3)13-8-16-17(5)11(13)4/h8-10,12,15H,6-7,14H2,1-5H3. The average Bonchev–Trinajstić information content (AvgIpc) is 2.60. The maximum Gasteiger partial charge on any atom is 0.0540 e. The molecule has 17 heavy (non-hydrogen) atoms. The third kappa shape index (κ3) is 3.54. The van der Waals surface area contributed by atoms with Crippen molar-refractivity contribution in [3.8, 4) is 0 Å². The first-order chi connectivity index (χ1) is 7.97. The van der Waals surface area contributed by atoms with Crippen LogP contribution in [0.3, 0.4) is 0 Å². The van der Waals surface area contributed by atoms with Crippen LogP contribution in [0.2, 0.25) is 0 Å². The van der Waals surface area contributed by atoms with Gasteiger partial charge in [0.25, 0.3) is 0 Å². The smallest absolute Gasteiger partial charge is 0.0540 e. The van der Waals surface area contributed by atoms with Crippen LogP contribution in [0.25, 0.3) is 0 Å². The molecule has 1 heterocycles. The van der Waals surface area contributed by atoms with Gasteiger partial charge in [0, 0.05) is 24.3 Å². The van der Waals surface area contributed by atoms with Crippen molar-refractivity contribution in [1.82, 2.24) is 15.1 Å². The fourth-order valence-corrected chi connectivity index (χ4v) is 1.97. The molecule has 1 aromatic rings. The van der Waals surface area contributed by atoms with Crippen molar-refractivity contribution >= 4 is 0 Å². The molecule has 4 nitrogen and oxygen atoms in total. The molecule has 0 amide bonds. The molecule has 0 spiro atoms. The summed E-state index contributed by atoms with van der Waals surface area (Å²) in [6.45, 7) is 10.4. The first-order valence-electron chi connectivity index (χ1n) is 6.39. The molecule has 4 heteroatoms. The lowest BCUT2D eigenvalue weighted by atomic mass is 9.95. The third-order valence-electron chi connectivity index (χ3n) is 3.67. The zero-order valence-corrected chi connectivity index (χ0v) is 11.7. The molecular weight excluding hydrogens is 212 g/mol. The molecule has 0 fully saturated rings. The summed E-state index contributed by atoms with van der Waals surface area (Å²) in [5.41, 5.74) is 8.27. The van der Waals surface area contributed by atoms with Crippen LogP contribution in [0, 0.1) is 18.8 Å². The lowest BCUT2D eigenvalue weighted by molar-refractivity contribution is 0.356. The van der Waals surface area contributed by atoms with Gasteiger partial charge in [0.2, 0.25) is 0 Å². The summed E-state index contributed by atoms with van der Waals surface area (Å²) in [5.74, 6) is 1.16. The van der Waals surface area contributed by atoms with Crippen LogP contribution < -0.4 is 11.1 Å². The molecule has 0 radical (unpaired) electrons. The Morgan fingerprint density at radius 1 is 1.41 bits per heavy atom. The molecular formula is C13H26N4. The quantitative estimate of drug-likeness (QED) is 0.791. The molecule has 0 aliphatic carbocycles. The third-order valence-corrected chi connectivity index (χ3v) is 3.67. The molecule has 1 rings (SSSR count). The molecule has 0 bridgehead atoms.